The second-order valence-electron chi connectivity index (χ2n) is 5.25. The molecule has 2 rings (SSSR count). The summed E-state index contributed by atoms with van der Waals surface area (Å²) < 4.78 is 2.09. The molecule has 0 amide bonds. The molecule has 90 valence electrons. The van der Waals surface area contributed by atoms with Crippen LogP contribution >= 0.6 is 0 Å². The molecule has 1 aliphatic carbocycles. The van der Waals surface area contributed by atoms with Crippen molar-refractivity contribution in [3.05, 3.63) is 18.0 Å². The predicted octanol–water partition coefficient (Wildman–Crippen LogP) is 2.70. The molecule has 1 unspecified atom stereocenters. The minimum absolute atomic E-state index is 0.598. The topological polar surface area (TPSA) is 38.0 Å². The van der Waals surface area contributed by atoms with Crippen LogP contribution in [-0.4, -0.2) is 20.5 Å². The first kappa shape index (κ1) is 11.6. The molecular formula is C13H22N2O. The lowest BCUT2D eigenvalue weighted by molar-refractivity contribution is 0.0552. The molecule has 0 aromatic carbocycles. The van der Waals surface area contributed by atoms with Gasteiger partial charge in [-0.15, -0.1) is 0 Å². The van der Waals surface area contributed by atoms with Crippen molar-refractivity contribution in [1.29, 1.82) is 0 Å². The second-order valence-corrected chi connectivity index (χ2v) is 5.25. The highest BCUT2D eigenvalue weighted by molar-refractivity contribution is 5.04. The van der Waals surface area contributed by atoms with E-state index >= 15 is 0 Å². The SMILES string of the molecule is CCC(C)(O)Cc1ccn(C2CCCC2)n1. The molecule has 3 nitrogen and oxygen atoms in total. The maximum absolute atomic E-state index is 10.0. The third kappa shape index (κ3) is 2.64. The highest BCUT2D eigenvalue weighted by atomic mass is 16.3. The minimum atomic E-state index is -0.616. The third-order valence-electron chi connectivity index (χ3n) is 3.69. The van der Waals surface area contributed by atoms with Crippen LogP contribution in [0.2, 0.25) is 0 Å². The van der Waals surface area contributed by atoms with E-state index in [1.807, 2.05) is 19.9 Å². The molecule has 0 bridgehead atoms. The zero-order valence-electron chi connectivity index (χ0n) is 10.3. The molecule has 3 heteroatoms. The summed E-state index contributed by atoms with van der Waals surface area (Å²) in [5, 5.41) is 14.6. The standard InChI is InChI=1S/C13H22N2O/c1-3-13(2,16)10-11-8-9-15(14-11)12-6-4-5-7-12/h8-9,12,16H,3-7,10H2,1-2H3. The van der Waals surface area contributed by atoms with Crippen LogP contribution in [0.5, 0.6) is 0 Å². The van der Waals surface area contributed by atoms with E-state index in [0.717, 1.165) is 12.1 Å². The molecule has 1 aromatic heterocycles. The molecule has 0 aliphatic heterocycles. The maximum atomic E-state index is 10.0. The Morgan fingerprint density at radius 2 is 2.19 bits per heavy atom. The Kier molecular flexibility index (Phi) is 3.33. The number of rotatable bonds is 4. The first-order valence-corrected chi connectivity index (χ1v) is 6.37. The summed E-state index contributed by atoms with van der Waals surface area (Å²) in [6.07, 6.45) is 8.65. The lowest BCUT2D eigenvalue weighted by Gasteiger charge is -2.19. The fourth-order valence-electron chi connectivity index (χ4n) is 2.36. The molecule has 0 spiro atoms. The Labute approximate surface area is 97.5 Å². The van der Waals surface area contributed by atoms with Gasteiger partial charge in [-0.1, -0.05) is 19.8 Å². The molecule has 1 heterocycles. The number of hydrogen-bond donors (Lipinski definition) is 1. The van der Waals surface area contributed by atoms with E-state index in [-0.39, 0.29) is 0 Å². The highest BCUT2D eigenvalue weighted by Crippen LogP contribution is 2.29. The van der Waals surface area contributed by atoms with Gasteiger partial charge in [0.25, 0.3) is 0 Å². The summed E-state index contributed by atoms with van der Waals surface area (Å²) in [6, 6.07) is 2.64. The van der Waals surface area contributed by atoms with Gasteiger partial charge in [0, 0.05) is 12.6 Å². The van der Waals surface area contributed by atoms with Gasteiger partial charge < -0.3 is 5.11 Å². The average Bonchev–Trinajstić information content (AvgIpc) is 2.86. The molecule has 1 aliphatic rings. The fraction of sp³-hybridized carbons (Fsp3) is 0.769. The average molecular weight is 222 g/mol. The van der Waals surface area contributed by atoms with Gasteiger partial charge in [-0.3, -0.25) is 4.68 Å². The van der Waals surface area contributed by atoms with E-state index in [1.165, 1.54) is 25.7 Å². The summed E-state index contributed by atoms with van der Waals surface area (Å²) in [7, 11) is 0. The Morgan fingerprint density at radius 3 is 2.81 bits per heavy atom. The Balaban J connectivity index is 2.01. The first-order chi connectivity index (χ1) is 7.61. The number of hydrogen-bond acceptors (Lipinski definition) is 2. The van der Waals surface area contributed by atoms with Gasteiger partial charge in [-0.05, 0) is 32.3 Å². The zero-order chi connectivity index (χ0) is 11.6. The van der Waals surface area contributed by atoms with Gasteiger partial charge in [-0.25, -0.2) is 0 Å². The molecule has 0 radical (unpaired) electrons. The fourth-order valence-corrected chi connectivity index (χ4v) is 2.36. The smallest absolute Gasteiger partial charge is 0.0673 e. The van der Waals surface area contributed by atoms with Crippen LogP contribution in [0.3, 0.4) is 0 Å². The van der Waals surface area contributed by atoms with E-state index in [9.17, 15) is 5.11 Å². The quantitative estimate of drug-likeness (QED) is 0.850. The van der Waals surface area contributed by atoms with Crippen LogP contribution in [0.4, 0.5) is 0 Å². The summed E-state index contributed by atoms with van der Waals surface area (Å²) in [5.74, 6) is 0. The largest absolute Gasteiger partial charge is 0.390 e. The van der Waals surface area contributed by atoms with Crippen molar-refractivity contribution in [2.24, 2.45) is 0 Å². The molecule has 1 saturated carbocycles. The van der Waals surface area contributed by atoms with Gasteiger partial charge in [0.2, 0.25) is 0 Å². The minimum Gasteiger partial charge on any atom is -0.390 e. The third-order valence-corrected chi connectivity index (χ3v) is 3.69. The van der Waals surface area contributed by atoms with Crippen molar-refractivity contribution in [1.82, 2.24) is 9.78 Å². The van der Waals surface area contributed by atoms with Crippen molar-refractivity contribution in [2.75, 3.05) is 0 Å². The van der Waals surface area contributed by atoms with Crippen LogP contribution in [-0.2, 0) is 6.42 Å². The first-order valence-electron chi connectivity index (χ1n) is 6.37. The summed E-state index contributed by atoms with van der Waals surface area (Å²) in [4.78, 5) is 0. The van der Waals surface area contributed by atoms with Gasteiger partial charge >= 0.3 is 0 Å². The second kappa shape index (κ2) is 4.58. The Morgan fingerprint density at radius 1 is 1.50 bits per heavy atom. The van der Waals surface area contributed by atoms with Gasteiger partial charge in [-0.2, -0.15) is 5.10 Å². The zero-order valence-corrected chi connectivity index (χ0v) is 10.3. The number of nitrogens with zero attached hydrogens (tertiary/aromatic N) is 2. The van der Waals surface area contributed by atoms with E-state index in [1.54, 1.807) is 0 Å². The van der Waals surface area contributed by atoms with Crippen molar-refractivity contribution in [3.8, 4) is 0 Å². The molecule has 1 N–H and O–H groups in total. The van der Waals surface area contributed by atoms with Gasteiger partial charge in [0.1, 0.15) is 0 Å². The molecule has 1 aromatic rings. The Bertz CT molecular complexity index is 337. The summed E-state index contributed by atoms with van der Waals surface area (Å²) in [6.45, 7) is 3.88. The van der Waals surface area contributed by atoms with Crippen LogP contribution in [0, 0.1) is 0 Å². The molecule has 1 fully saturated rings. The normalized spacial score (nSPS) is 21.2. The van der Waals surface area contributed by atoms with Crippen molar-refractivity contribution in [2.45, 2.75) is 64.0 Å². The van der Waals surface area contributed by atoms with Crippen molar-refractivity contribution >= 4 is 0 Å². The van der Waals surface area contributed by atoms with E-state index in [0.29, 0.717) is 12.5 Å². The summed E-state index contributed by atoms with van der Waals surface area (Å²) in [5.41, 5.74) is 0.397. The molecular weight excluding hydrogens is 200 g/mol. The molecule has 16 heavy (non-hydrogen) atoms. The van der Waals surface area contributed by atoms with Crippen LogP contribution in [0.15, 0.2) is 12.3 Å². The van der Waals surface area contributed by atoms with E-state index < -0.39 is 5.60 Å². The number of aliphatic hydroxyl groups is 1. The lowest BCUT2D eigenvalue weighted by Crippen LogP contribution is -2.26. The van der Waals surface area contributed by atoms with Gasteiger partial charge in [0.15, 0.2) is 0 Å². The maximum Gasteiger partial charge on any atom is 0.0673 e. The number of aromatic nitrogens is 2. The lowest BCUT2D eigenvalue weighted by atomic mass is 9.97. The van der Waals surface area contributed by atoms with Crippen LogP contribution < -0.4 is 0 Å². The van der Waals surface area contributed by atoms with E-state index in [2.05, 4.69) is 16.0 Å². The predicted molar refractivity (Wildman–Crippen MR) is 64.4 cm³/mol. The van der Waals surface area contributed by atoms with Crippen molar-refractivity contribution < 1.29 is 5.11 Å². The highest BCUT2D eigenvalue weighted by Gasteiger charge is 2.21. The van der Waals surface area contributed by atoms with Crippen LogP contribution in [0.1, 0.15) is 57.7 Å². The van der Waals surface area contributed by atoms with E-state index in [4.69, 9.17) is 0 Å². The van der Waals surface area contributed by atoms with Crippen LogP contribution in [0.25, 0.3) is 0 Å². The molecule has 0 saturated heterocycles. The summed E-state index contributed by atoms with van der Waals surface area (Å²) >= 11 is 0. The van der Waals surface area contributed by atoms with Gasteiger partial charge in [0.05, 0.1) is 17.3 Å². The monoisotopic (exact) mass is 222 g/mol. The van der Waals surface area contributed by atoms with Crippen molar-refractivity contribution in [3.63, 3.8) is 0 Å². The molecule has 1 atom stereocenters. The Hall–Kier alpha value is -0.830.